The highest BCUT2D eigenvalue weighted by Crippen LogP contribution is 2.36. The highest BCUT2D eigenvalue weighted by atomic mass is 16.6. The summed E-state index contributed by atoms with van der Waals surface area (Å²) >= 11 is 0. The van der Waals surface area contributed by atoms with E-state index in [1.807, 2.05) is 0 Å². The zero-order valence-corrected chi connectivity index (χ0v) is 10.4. The first kappa shape index (κ1) is 14.0. The van der Waals surface area contributed by atoms with Crippen molar-refractivity contribution in [2.75, 3.05) is 13.7 Å². The van der Waals surface area contributed by atoms with E-state index in [0.717, 1.165) is 19.3 Å². The van der Waals surface area contributed by atoms with E-state index < -0.39 is 17.5 Å². The van der Waals surface area contributed by atoms with Gasteiger partial charge in [0.1, 0.15) is 0 Å². The van der Waals surface area contributed by atoms with Crippen LogP contribution < -0.4 is 0 Å². The third-order valence-electron chi connectivity index (χ3n) is 3.40. The molecule has 0 aromatic rings. The normalized spacial score (nSPS) is 20.6. The van der Waals surface area contributed by atoms with Crippen LogP contribution in [0.15, 0.2) is 0 Å². The van der Waals surface area contributed by atoms with Gasteiger partial charge >= 0.3 is 11.9 Å². The zero-order chi connectivity index (χ0) is 12.9. The largest absolute Gasteiger partial charge is 0.479 e. The molecule has 0 saturated heterocycles. The number of rotatable bonds is 5. The van der Waals surface area contributed by atoms with Gasteiger partial charge in [0.25, 0.3) is 5.60 Å². The van der Waals surface area contributed by atoms with Gasteiger partial charge in [-0.15, -0.1) is 0 Å². The van der Waals surface area contributed by atoms with Crippen LogP contribution in [0.1, 0.15) is 39.0 Å². The lowest BCUT2D eigenvalue weighted by Crippen LogP contribution is -2.55. The van der Waals surface area contributed by atoms with Crippen molar-refractivity contribution in [1.82, 2.24) is 0 Å². The molecule has 98 valence electrons. The molecule has 1 saturated carbocycles. The van der Waals surface area contributed by atoms with Gasteiger partial charge in [-0.3, -0.25) is 0 Å². The molecule has 0 radical (unpaired) electrons. The van der Waals surface area contributed by atoms with Crippen molar-refractivity contribution in [3.8, 4) is 0 Å². The Labute approximate surface area is 101 Å². The maximum atomic E-state index is 11.9. The third-order valence-corrected chi connectivity index (χ3v) is 3.40. The van der Waals surface area contributed by atoms with Crippen molar-refractivity contribution >= 4 is 11.9 Å². The Kier molecular flexibility index (Phi) is 4.93. The summed E-state index contributed by atoms with van der Waals surface area (Å²) in [6.07, 6.45) is 4.33. The van der Waals surface area contributed by atoms with Crippen molar-refractivity contribution in [1.29, 1.82) is 0 Å². The van der Waals surface area contributed by atoms with Gasteiger partial charge in [-0.2, -0.15) is 0 Å². The van der Waals surface area contributed by atoms with E-state index in [-0.39, 0.29) is 12.5 Å². The van der Waals surface area contributed by atoms with Gasteiger partial charge < -0.3 is 14.6 Å². The van der Waals surface area contributed by atoms with Gasteiger partial charge in [0.2, 0.25) is 0 Å². The van der Waals surface area contributed by atoms with Crippen molar-refractivity contribution in [2.24, 2.45) is 5.92 Å². The van der Waals surface area contributed by atoms with Crippen molar-refractivity contribution in [2.45, 2.75) is 44.6 Å². The van der Waals surface area contributed by atoms with Crippen LogP contribution in [0.5, 0.6) is 0 Å². The van der Waals surface area contributed by atoms with Gasteiger partial charge in [0.15, 0.2) is 0 Å². The molecule has 0 aromatic carbocycles. The molecule has 1 unspecified atom stereocenters. The molecule has 1 aliphatic rings. The minimum Gasteiger partial charge on any atom is -0.479 e. The lowest BCUT2D eigenvalue weighted by molar-refractivity contribution is -0.193. The molecule has 5 heteroatoms. The fourth-order valence-corrected chi connectivity index (χ4v) is 2.51. The maximum Gasteiger partial charge on any atom is 0.350 e. The summed E-state index contributed by atoms with van der Waals surface area (Å²) in [5, 5.41) is 9.35. The predicted molar refractivity (Wildman–Crippen MR) is 60.6 cm³/mol. The van der Waals surface area contributed by atoms with Crippen LogP contribution >= 0.6 is 0 Å². The Balaban J connectivity index is 2.98. The average Bonchev–Trinajstić information content (AvgIpc) is 2.32. The monoisotopic (exact) mass is 244 g/mol. The second-order valence-corrected chi connectivity index (χ2v) is 4.30. The van der Waals surface area contributed by atoms with E-state index in [2.05, 4.69) is 0 Å². The Morgan fingerprint density at radius 2 is 1.88 bits per heavy atom. The Bertz CT molecular complexity index is 283. The number of ether oxygens (including phenoxy) is 2. The summed E-state index contributed by atoms with van der Waals surface area (Å²) in [5.41, 5.74) is -1.82. The molecule has 17 heavy (non-hydrogen) atoms. The molecule has 1 N–H and O–H groups in total. The van der Waals surface area contributed by atoms with E-state index in [1.54, 1.807) is 6.92 Å². The fraction of sp³-hybridized carbons (Fsp3) is 0.833. The standard InChI is InChI=1S/C12H20O5/c1-3-17-11(15)12(16-2,10(13)14)9-7-5-4-6-8-9/h9H,3-8H2,1-2H3,(H,13,14). The maximum absolute atomic E-state index is 11.9. The fourth-order valence-electron chi connectivity index (χ4n) is 2.51. The van der Waals surface area contributed by atoms with Crippen LogP contribution in [0.3, 0.4) is 0 Å². The minimum absolute atomic E-state index is 0.157. The number of hydrogen-bond donors (Lipinski definition) is 1. The number of carboxylic acids is 1. The zero-order valence-electron chi connectivity index (χ0n) is 10.4. The second-order valence-electron chi connectivity index (χ2n) is 4.30. The Hall–Kier alpha value is -1.10. The van der Waals surface area contributed by atoms with Crippen molar-refractivity contribution in [3.63, 3.8) is 0 Å². The molecule has 0 bridgehead atoms. The summed E-state index contributed by atoms with van der Waals surface area (Å²) in [6.45, 7) is 1.81. The quantitative estimate of drug-likeness (QED) is 0.587. The molecular weight excluding hydrogens is 224 g/mol. The summed E-state index contributed by atoms with van der Waals surface area (Å²) in [4.78, 5) is 23.4. The second kappa shape index (κ2) is 6.00. The van der Waals surface area contributed by atoms with Crippen molar-refractivity contribution in [3.05, 3.63) is 0 Å². The molecule has 1 rings (SSSR count). The SMILES string of the molecule is CCOC(=O)C(OC)(C(=O)O)C1CCCCC1. The molecule has 0 amide bonds. The van der Waals surface area contributed by atoms with Crippen LogP contribution in [0.25, 0.3) is 0 Å². The average molecular weight is 244 g/mol. The van der Waals surface area contributed by atoms with Gasteiger partial charge in [-0.1, -0.05) is 19.3 Å². The number of methoxy groups -OCH3 is 1. The molecule has 0 aliphatic heterocycles. The minimum atomic E-state index is -1.82. The number of carbonyl (C=O) groups is 2. The number of hydrogen-bond acceptors (Lipinski definition) is 4. The predicted octanol–water partition coefficient (Wildman–Crippen LogP) is 1.60. The summed E-state index contributed by atoms with van der Waals surface area (Å²) in [6, 6.07) is 0. The first-order valence-corrected chi connectivity index (χ1v) is 6.05. The molecule has 1 atom stereocenters. The number of aliphatic carboxylic acids is 1. The molecule has 0 aromatic heterocycles. The van der Waals surface area contributed by atoms with Crippen LogP contribution in [-0.4, -0.2) is 36.4 Å². The first-order chi connectivity index (χ1) is 8.09. The van der Waals surface area contributed by atoms with Gasteiger partial charge in [0.05, 0.1) is 6.61 Å². The summed E-state index contributed by atoms with van der Waals surface area (Å²) < 4.78 is 9.95. The van der Waals surface area contributed by atoms with Crippen LogP contribution in [0.4, 0.5) is 0 Å². The van der Waals surface area contributed by atoms with E-state index >= 15 is 0 Å². The topological polar surface area (TPSA) is 72.8 Å². The Morgan fingerprint density at radius 3 is 2.29 bits per heavy atom. The van der Waals surface area contributed by atoms with Gasteiger partial charge in [-0.05, 0) is 19.8 Å². The van der Waals surface area contributed by atoms with Crippen LogP contribution in [-0.2, 0) is 19.1 Å². The van der Waals surface area contributed by atoms with Gasteiger partial charge in [-0.25, -0.2) is 9.59 Å². The smallest absolute Gasteiger partial charge is 0.350 e. The van der Waals surface area contributed by atoms with Crippen LogP contribution in [0.2, 0.25) is 0 Å². The van der Waals surface area contributed by atoms with Crippen molar-refractivity contribution < 1.29 is 24.2 Å². The molecule has 1 aliphatic carbocycles. The van der Waals surface area contributed by atoms with Crippen LogP contribution in [0, 0.1) is 5.92 Å². The molecule has 0 spiro atoms. The van der Waals surface area contributed by atoms with E-state index in [0.29, 0.717) is 12.8 Å². The van der Waals surface area contributed by atoms with E-state index in [1.165, 1.54) is 7.11 Å². The lowest BCUT2D eigenvalue weighted by Gasteiger charge is -2.35. The summed E-state index contributed by atoms with van der Waals surface area (Å²) in [7, 11) is 1.26. The molecule has 5 nitrogen and oxygen atoms in total. The highest BCUT2D eigenvalue weighted by Gasteiger charge is 2.54. The summed E-state index contributed by atoms with van der Waals surface area (Å²) in [5.74, 6) is -2.31. The van der Waals surface area contributed by atoms with Gasteiger partial charge in [0, 0.05) is 13.0 Å². The number of carbonyl (C=O) groups excluding carboxylic acids is 1. The number of esters is 1. The molecule has 1 fully saturated rings. The highest BCUT2D eigenvalue weighted by molar-refractivity contribution is 6.03. The molecule has 0 heterocycles. The Morgan fingerprint density at radius 1 is 1.29 bits per heavy atom. The number of carboxylic acid groups (broad SMARTS) is 1. The van der Waals surface area contributed by atoms with E-state index in [4.69, 9.17) is 9.47 Å². The third kappa shape index (κ3) is 2.60. The lowest BCUT2D eigenvalue weighted by atomic mass is 9.76. The molecular formula is C12H20O5. The van der Waals surface area contributed by atoms with E-state index in [9.17, 15) is 14.7 Å². The first-order valence-electron chi connectivity index (χ1n) is 6.05.